The van der Waals surface area contributed by atoms with E-state index in [9.17, 15) is 46.0 Å². The number of rotatable bonds is 25. The molecule has 13 N–H and O–H groups in total. The molecule has 242 valence electrons. The molecule has 41 heavy (non-hydrogen) atoms. The summed E-state index contributed by atoms with van der Waals surface area (Å²) in [6.45, 7) is 2.23. The first-order valence-electron chi connectivity index (χ1n) is 14.8. The molecule has 9 atom stereocenters. The Morgan fingerprint density at radius 2 is 0.976 bits per heavy atom. The average Bonchev–Trinajstić information content (AvgIpc) is 2.86. The van der Waals surface area contributed by atoms with Gasteiger partial charge < -0.3 is 57.4 Å². The van der Waals surface area contributed by atoms with Crippen LogP contribution in [-0.4, -0.2) is 113 Å². The molecule has 9 unspecified atom stereocenters. The molecule has 0 bridgehead atoms. The van der Waals surface area contributed by atoms with Crippen LogP contribution in [0.2, 0.25) is 0 Å². The molecular formula is C29H57N3O9. The third kappa shape index (κ3) is 24.7. The molecule has 0 aromatic heterocycles. The summed E-state index contributed by atoms with van der Waals surface area (Å²) in [5, 5.41) is 90.0. The number of aliphatic hydroxyl groups excluding tert-OH is 9. The van der Waals surface area contributed by atoms with Gasteiger partial charge in [-0.1, -0.05) is 31.2 Å². The van der Waals surface area contributed by atoms with Crippen molar-refractivity contribution in [3.63, 3.8) is 0 Å². The van der Waals surface area contributed by atoms with Crippen LogP contribution in [0, 0.1) is 0 Å². The molecule has 0 spiro atoms. The van der Waals surface area contributed by atoms with Gasteiger partial charge in [-0.05, 0) is 70.6 Å². The minimum atomic E-state index is -0.904. The quantitative estimate of drug-likeness (QED) is 0.0285. The summed E-state index contributed by atoms with van der Waals surface area (Å²) in [4.78, 5) is 3.83. The first-order valence-corrected chi connectivity index (χ1v) is 14.8. The van der Waals surface area contributed by atoms with E-state index in [1.54, 1.807) is 12.2 Å². The number of hydrogen-bond acceptors (Lipinski definition) is 10. The van der Waals surface area contributed by atoms with Gasteiger partial charge in [-0.3, -0.25) is 4.99 Å². The fourth-order valence-corrected chi connectivity index (χ4v) is 4.38. The van der Waals surface area contributed by atoms with E-state index in [1.165, 1.54) is 12.2 Å². The number of guanidine groups is 1. The van der Waals surface area contributed by atoms with E-state index in [0.717, 1.165) is 0 Å². The number of aliphatic imine (C=N–C) groups is 1. The zero-order valence-electron chi connectivity index (χ0n) is 24.5. The van der Waals surface area contributed by atoms with Crippen molar-refractivity contribution in [2.75, 3.05) is 6.54 Å². The Kier molecular flexibility index (Phi) is 23.0. The maximum atomic E-state index is 10.2. The summed E-state index contributed by atoms with van der Waals surface area (Å²) in [5.41, 5.74) is 10.5. The molecule has 0 saturated carbocycles. The summed E-state index contributed by atoms with van der Waals surface area (Å²) >= 11 is 0. The fourth-order valence-electron chi connectivity index (χ4n) is 4.38. The summed E-state index contributed by atoms with van der Waals surface area (Å²) in [5.74, 6) is -0.00131. The van der Waals surface area contributed by atoms with Crippen molar-refractivity contribution < 1.29 is 46.0 Å². The minimum Gasteiger partial charge on any atom is -0.393 e. The van der Waals surface area contributed by atoms with Gasteiger partial charge >= 0.3 is 0 Å². The van der Waals surface area contributed by atoms with Crippen molar-refractivity contribution in [1.29, 1.82) is 0 Å². The lowest BCUT2D eigenvalue weighted by Crippen LogP contribution is -2.23. The normalized spacial score (nSPS) is 19.0. The zero-order valence-corrected chi connectivity index (χ0v) is 24.5. The summed E-state index contributed by atoms with van der Waals surface area (Å²) < 4.78 is 0. The highest BCUT2D eigenvalue weighted by molar-refractivity contribution is 5.75. The van der Waals surface area contributed by atoms with Crippen LogP contribution in [0.5, 0.6) is 0 Å². The van der Waals surface area contributed by atoms with Crippen LogP contribution >= 0.6 is 0 Å². The average molecular weight is 592 g/mol. The van der Waals surface area contributed by atoms with Gasteiger partial charge in [-0.15, -0.1) is 0 Å². The Morgan fingerprint density at radius 1 is 0.561 bits per heavy atom. The fraction of sp³-hybridized carbons (Fsp3) is 0.828. The van der Waals surface area contributed by atoms with Crippen molar-refractivity contribution in [3.05, 3.63) is 24.3 Å². The largest absolute Gasteiger partial charge is 0.393 e. The van der Waals surface area contributed by atoms with Crippen LogP contribution in [0.4, 0.5) is 0 Å². The third-order valence-corrected chi connectivity index (χ3v) is 6.73. The van der Waals surface area contributed by atoms with E-state index in [4.69, 9.17) is 11.5 Å². The number of nitrogens with zero attached hydrogens (tertiary/aromatic N) is 1. The molecule has 0 radical (unpaired) electrons. The second-order valence-electron chi connectivity index (χ2n) is 11.0. The third-order valence-electron chi connectivity index (χ3n) is 6.73. The van der Waals surface area contributed by atoms with Gasteiger partial charge in [0.2, 0.25) is 0 Å². The molecule has 0 amide bonds. The highest BCUT2D eigenvalue weighted by atomic mass is 16.3. The maximum Gasteiger partial charge on any atom is 0.185 e. The highest BCUT2D eigenvalue weighted by Gasteiger charge is 2.17. The van der Waals surface area contributed by atoms with Crippen LogP contribution in [0.15, 0.2) is 29.3 Å². The lowest BCUT2D eigenvalue weighted by molar-refractivity contribution is 0.0352. The van der Waals surface area contributed by atoms with E-state index < -0.39 is 54.9 Å². The van der Waals surface area contributed by atoms with E-state index in [0.29, 0.717) is 45.1 Å². The smallest absolute Gasteiger partial charge is 0.185 e. The molecule has 12 heteroatoms. The van der Waals surface area contributed by atoms with Gasteiger partial charge in [-0.25, -0.2) is 0 Å². The molecule has 0 aliphatic heterocycles. The Morgan fingerprint density at radius 3 is 1.46 bits per heavy atom. The van der Waals surface area contributed by atoms with Crippen molar-refractivity contribution in [2.45, 2.75) is 145 Å². The molecule has 0 aliphatic rings. The molecule has 0 aromatic rings. The minimum absolute atomic E-state index is 0.00131. The van der Waals surface area contributed by atoms with Gasteiger partial charge in [0, 0.05) is 19.4 Å². The Bertz CT molecular complexity index is 722. The Labute approximate surface area is 244 Å². The monoisotopic (exact) mass is 591 g/mol. The second-order valence-corrected chi connectivity index (χ2v) is 11.0. The summed E-state index contributed by atoms with van der Waals surface area (Å²) in [7, 11) is 0. The van der Waals surface area contributed by atoms with Crippen LogP contribution in [0.1, 0.15) is 90.4 Å². The van der Waals surface area contributed by atoms with Crippen molar-refractivity contribution >= 4 is 5.96 Å². The zero-order chi connectivity index (χ0) is 31.2. The van der Waals surface area contributed by atoms with Crippen molar-refractivity contribution in [2.24, 2.45) is 16.5 Å². The van der Waals surface area contributed by atoms with E-state index in [2.05, 4.69) is 4.99 Å². The van der Waals surface area contributed by atoms with Crippen molar-refractivity contribution in [1.82, 2.24) is 0 Å². The molecular weight excluding hydrogens is 534 g/mol. The predicted molar refractivity (Wildman–Crippen MR) is 159 cm³/mol. The van der Waals surface area contributed by atoms with Gasteiger partial charge in [0.25, 0.3) is 0 Å². The van der Waals surface area contributed by atoms with Gasteiger partial charge in [0.1, 0.15) is 0 Å². The highest BCUT2D eigenvalue weighted by Crippen LogP contribution is 2.16. The van der Waals surface area contributed by atoms with Gasteiger partial charge in [-0.2, -0.15) is 0 Å². The molecule has 0 fully saturated rings. The molecule has 0 saturated heterocycles. The lowest BCUT2D eigenvalue weighted by Gasteiger charge is -2.19. The second kappa shape index (κ2) is 23.9. The van der Waals surface area contributed by atoms with Crippen molar-refractivity contribution in [3.8, 4) is 0 Å². The first-order chi connectivity index (χ1) is 19.3. The first kappa shape index (κ1) is 39.4. The van der Waals surface area contributed by atoms with Crippen LogP contribution in [0.25, 0.3) is 0 Å². The molecule has 12 nitrogen and oxygen atoms in total. The maximum absolute atomic E-state index is 10.2. The lowest BCUT2D eigenvalue weighted by atomic mass is 9.98. The van der Waals surface area contributed by atoms with Gasteiger partial charge in [0.15, 0.2) is 5.96 Å². The summed E-state index contributed by atoms with van der Waals surface area (Å²) in [6.07, 6.45) is 3.12. The SMILES string of the molecule is CCC(O)CC(O)/C=C/CC(O)CC(O)CC(O)CCCC(O)CC(O)/C=C/CC(O)CC(O)CCCN=C(N)N. The Balaban J connectivity index is 4.07. The number of aliphatic hydroxyl groups is 9. The molecule has 0 aliphatic carbocycles. The van der Waals surface area contributed by atoms with Crippen LogP contribution < -0.4 is 11.5 Å². The molecule has 0 aromatic carbocycles. The standard InChI is InChI=1S/C29H57N3O9/c1-2-20(33)15-21(34)7-3-11-25(38)18-28(41)19-26(39)12-5-10-23(36)16-22(35)8-4-9-24(37)17-27(40)13-6-14-32-29(30)31/h3-4,7-8,20-28,33-41H,2,5-6,9-19H2,1H3,(H4,30,31,32)/b7-3+,8-4+. The Hall–Kier alpha value is -1.61. The van der Waals surface area contributed by atoms with E-state index >= 15 is 0 Å². The van der Waals surface area contributed by atoms with Crippen LogP contribution in [0.3, 0.4) is 0 Å². The van der Waals surface area contributed by atoms with E-state index in [-0.39, 0.29) is 50.9 Å². The molecule has 0 heterocycles. The molecule has 0 rings (SSSR count). The number of hydrogen-bond donors (Lipinski definition) is 11. The topological polar surface area (TPSA) is 246 Å². The van der Waals surface area contributed by atoms with E-state index in [1.807, 2.05) is 6.92 Å². The predicted octanol–water partition coefficient (Wildman–Crippen LogP) is -0.288. The number of nitrogens with two attached hydrogens (primary N) is 2. The van der Waals surface area contributed by atoms with Crippen LogP contribution in [-0.2, 0) is 0 Å². The van der Waals surface area contributed by atoms with Gasteiger partial charge in [0.05, 0.1) is 54.9 Å². The summed E-state index contributed by atoms with van der Waals surface area (Å²) in [6, 6.07) is 0.